The molecule has 0 radical (unpaired) electrons. The number of aryl methyl sites for hydroxylation is 1. The van der Waals surface area contributed by atoms with Gasteiger partial charge in [0, 0.05) is 18.0 Å². The van der Waals surface area contributed by atoms with Crippen LogP contribution in [-0.4, -0.2) is 22.9 Å². The Balaban J connectivity index is 1.88. The van der Waals surface area contributed by atoms with Gasteiger partial charge in [-0.1, -0.05) is 25.1 Å². The second-order valence-electron chi connectivity index (χ2n) is 6.08. The number of hydrogen-bond donors (Lipinski definition) is 1. The third-order valence-electron chi connectivity index (χ3n) is 5.09. The molecular weight excluding hydrogens is 246 g/mol. The average molecular weight is 271 g/mol. The van der Waals surface area contributed by atoms with Crippen molar-refractivity contribution in [2.75, 3.05) is 7.05 Å². The first-order chi connectivity index (χ1) is 9.74. The van der Waals surface area contributed by atoms with Gasteiger partial charge in [-0.2, -0.15) is 5.10 Å². The summed E-state index contributed by atoms with van der Waals surface area (Å²) in [6.07, 6.45) is 3.74. The Hall–Kier alpha value is -1.35. The van der Waals surface area contributed by atoms with Crippen LogP contribution in [0.4, 0.5) is 0 Å². The number of nitrogens with one attached hydrogen (secondary N) is 1. The second-order valence-corrected chi connectivity index (χ2v) is 6.08. The van der Waals surface area contributed by atoms with Crippen LogP contribution >= 0.6 is 0 Å². The molecule has 3 heteroatoms. The van der Waals surface area contributed by atoms with E-state index in [-0.39, 0.29) is 0 Å². The summed E-state index contributed by atoms with van der Waals surface area (Å²) < 4.78 is 2.14. The molecule has 1 aromatic carbocycles. The van der Waals surface area contributed by atoms with Gasteiger partial charge in [0.05, 0.1) is 11.2 Å². The van der Waals surface area contributed by atoms with Crippen molar-refractivity contribution in [2.45, 2.75) is 45.7 Å². The Morgan fingerprint density at radius 3 is 2.80 bits per heavy atom. The standard InChI is InChI=1S/C17H25N3/c1-4-20-17-8-6-5-7-14(17)16(19-20)11-13-9-10-15(18-3)12(13)2/h5-8,12-13,15,18H,4,9-11H2,1-3H3. The van der Waals surface area contributed by atoms with Crippen molar-refractivity contribution in [3.63, 3.8) is 0 Å². The van der Waals surface area contributed by atoms with E-state index in [0.717, 1.165) is 24.8 Å². The Morgan fingerprint density at radius 1 is 1.30 bits per heavy atom. The van der Waals surface area contributed by atoms with Crippen molar-refractivity contribution in [3.8, 4) is 0 Å². The zero-order valence-corrected chi connectivity index (χ0v) is 12.8. The van der Waals surface area contributed by atoms with E-state index in [1.807, 2.05) is 0 Å². The minimum atomic E-state index is 0.680. The molecule has 1 heterocycles. The maximum atomic E-state index is 4.85. The molecule has 0 bridgehead atoms. The molecule has 1 N–H and O–H groups in total. The largest absolute Gasteiger partial charge is 0.317 e. The van der Waals surface area contributed by atoms with Crippen LogP contribution in [0.3, 0.4) is 0 Å². The number of hydrogen-bond acceptors (Lipinski definition) is 2. The van der Waals surface area contributed by atoms with Crippen LogP contribution in [0.5, 0.6) is 0 Å². The molecule has 1 saturated carbocycles. The molecule has 0 spiro atoms. The van der Waals surface area contributed by atoms with E-state index in [9.17, 15) is 0 Å². The highest BCUT2D eigenvalue weighted by molar-refractivity contribution is 5.81. The van der Waals surface area contributed by atoms with Crippen molar-refractivity contribution in [3.05, 3.63) is 30.0 Å². The molecule has 2 aromatic rings. The predicted molar refractivity (Wildman–Crippen MR) is 83.8 cm³/mol. The monoisotopic (exact) mass is 271 g/mol. The van der Waals surface area contributed by atoms with E-state index in [0.29, 0.717) is 6.04 Å². The Labute approximate surface area is 121 Å². The topological polar surface area (TPSA) is 29.9 Å². The van der Waals surface area contributed by atoms with Crippen molar-refractivity contribution in [2.24, 2.45) is 11.8 Å². The molecule has 0 saturated heterocycles. The molecule has 1 aliphatic rings. The van der Waals surface area contributed by atoms with E-state index in [1.54, 1.807) is 0 Å². The normalized spacial score (nSPS) is 26.4. The van der Waals surface area contributed by atoms with Crippen LogP contribution < -0.4 is 5.32 Å². The van der Waals surface area contributed by atoms with Gasteiger partial charge in [-0.25, -0.2) is 0 Å². The fourth-order valence-electron chi connectivity index (χ4n) is 3.78. The van der Waals surface area contributed by atoms with Gasteiger partial charge in [0.1, 0.15) is 0 Å². The maximum absolute atomic E-state index is 4.85. The van der Waals surface area contributed by atoms with Crippen molar-refractivity contribution in [1.82, 2.24) is 15.1 Å². The highest BCUT2D eigenvalue weighted by Crippen LogP contribution is 2.35. The van der Waals surface area contributed by atoms with Crippen molar-refractivity contribution < 1.29 is 0 Å². The van der Waals surface area contributed by atoms with Gasteiger partial charge < -0.3 is 5.32 Å². The molecular formula is C17H25N3. The molecule has 108 valence electrons. The number of aromatic nitrogens is 2. The van der Waals surface area contributed by atoms with Crippen LogP contribution in [0, 0.1) is 11.8 Å². The lowest BCUT2D eigenvalue weighted by Gasteiger charge is -2.19. The summed E-state index contributed by atoms with van der Waals surface area (Å²) in [6.45, 7) is 5.50. The fraction of sp³-hybridized carbons (Fsp3) is 0.588. The van der Waals surface area contributed by atoms with Gasteiger partial charge in [-0.3, -0.25) is 4.68 Å². The lowest BCUT2D eigenvalue weighted by molar-refractivity contribution is 0.361. The molecule has 1 aliphatic carbocycles. The van der Waals surface area contributed by atoms with E-state index < -0.39 is 0 Å². The molecule has 0 aliphatic heterocycles. The van der Waals surface area contributed by atoms with E-state index >= 15 is 0 Å². The van der Waals surface area contributed by atoms with Crippen LogP contribution in [0.25, 0.3) is 10.9 Å². The third-order valence-corrected chi connectivity index (χ3v) is 5.09. The van der Waals surface area contributed by atoms with Crippen LogP contribution in [-0.2, 0) is 13.0 Å². The molecule has 0 amide bonds. The minimum Gasteiger partial charge on any atom is -0.317 e. The lowest BCUT2D eigenvalue weighted by atomic mass is 9.91. The van der Waals surface area contributed by atoms with Gasteiger partial charge in [-0.05, 0) is 51.1 Å². The van der Waals surface area contributed by atoms with Gasteiger partial charge >= 0.3 is 0 Å². The smallest absolute Gasteiger partial charge is 0.0706 e. The van der Waals surface area contributed by atoms with Crippen LogP contribution in [0.1, 0.15) is 32.4 Å². The SMILES string of the molecule is CCn1nc(CC2CCC(NC)C2C)c2ccccc21. The summed E-state index contributed by atoms with van der Waals surface area (Å²) >= 11 is 0. The number of para-hydroxylation sites is 1. The number of rotatable bonds is 4. The first-order valence-corrected chi connectivity index (χ1v) is 7.86. The highest BCUT2D eigenvalue weighted by atomic mass is 15.3. The summed E-state index contributed by atoms with van der Waals surface area (Å²) in [7, 11) is 2.09. The number of nitrogens with zero attached hydrogens (tertiary/aromatic N) is 2. The van der Waals surface area contributed by atoms with Crippen molar-refractivity contribution in [1.29, 1.82) is 0 Å². The number of benzene rings is 1. The summed E-state index contributed by atoms with van der Waals surface area (Å²) in [5.41, 5.74) is 2.57. The van der Waals surface area contributed by atoms with E-state index in [1.165, 1.54) is 29.4 Å². The summed E-state index contributed by atoms with van der Waals surface area (Å²) in [5, 5.41) is 9.65. The maximum Gasteiger partial charge on any atom is 0.0706 e. The van der Waals surface area contributed by atoms with E-state index in [2.05, 4.69) is 55.2 Å². The van der Waals surface area contributed by atoms with Crippen LogP contribution in [0.15, 0.2) is 24.3 Å². The quantitative estimate of drug-likeness (QED) is 0.925. The molecule has 1 aromatic heterocycles. The first kappa shape index (κ1) is 13.6. The van der Waals surface area contributed by atoms with Crippen molar-refractivity contribution >= 4 is 10.9 Å². The Kier molecular flexibility index (Phi) is 3.79. The molecule has 3 unspecified atom stereocenters. The fourth-order valence-corrected chi connectivity index (χ4v) is 3.78. The van der Waals surface area contributed by atoms with Gasteiger partial charge in [-0.15, -0.1) is 0 Å². The minimum absolute atomic E-state index is 0.680. The molecule has 20 heavy (non-hydrogen) atoms. The lowest BCUT2D eigenvalue weighted by Crippen LogP contribution is -2.29. The number of fused-ring (bicyclic) bond motifs is 1. The summed E-state index contributed by atoms with van der Waals surface area (Å²) in [4.78, 5) is 0. The van der Waals surface area contributed by atoms with Gasteiger partial charge in [0.15, 0.2) is 0 Å². The van der Waals surface area contributed by atoms with Crippen LogP contribution in [0.2, 0.25) is 0 Å². The molecule has 1 fully saturated rings. The Morgan fingerprint density at radius 2 is 2.10 bits per heavy atom. The third kappa shape index (κ3) is 2.24. The summed E-state index contributed by atoms with van der Waals surface area (Å²) in [5.74, 6) is 1.50. The van der Waals surface area contributed by atoms with E-state index in [4.69, 9.17) is 5.10 Å². The second kappa shape index (κ2) is 5.57. The van der Waals surface area contributed by atoms with Gasteiger partial charge in [0.2, 0.25) is 0 Å². The zero-order valence-electron chi connectivity index (χ0n) is 12.8. The average Bonchev–Trinajstić information content (AvgIpc) is 3.01. The summed E-state index contributed by atoms with van der Waals surface area (Å²) in [6, 6.07) is 9.32. The first-order valence-electron chi connectivity index (χ1n) is 7.86. The molecule has 3 nitrogen and oxygen atoms in total. The highest BCUT2D eigenvalue weighted by Gasteiger charge is 2.32. The Bertz CT molecular complexity index is 587. The zero-order chi connectivity index (χ0) is 14.1. The predicted octanol–water partition coefficient (Wildman–Crippen LogP) is 3.23. The molecule has 3 atom stereocenters. The molecule has 3 rings (SSSR count). The van der Waals surface area contributed by atoms with Gasteiger partial charge in [0.25, 0.3) is 0 Å².